The van der Waals surface area contributed by atoms with Crippen molar-refractivity contribution in [1.82, 2.24) is 14.1 Å². The zero-order valence-corrected chi connectivity index (χ0v) is 22.8. The Balaban J connectivity index is 1.84. The highest BCUT2D eigenvalue weighted by atomic mass is 35.5. The van der Waals surface area contributed by atoms with Crippen LogP contribution in [0.4, 0.5) is 0 Å². The molecular formula is C23H38ClN3O5S2. The van der Waals surface area contributed by atoms with E-state index in [2.05, 4.69) is 18.7 Å². The van der Waals surface area contributed by atoms with Crippen LogP contribution in [0.2, 0.25) is 0 Å². The van der Waals surface area contributed by atoms with Crippen LogP contribution in [0.25, 0.3) is 0 Å². The summed E-state index contributed by atoms with van der Waals surface area (Å²) in [7, 11) is -6.77. The van der Waals surface area contributed by atoms with Gasteiger partial charge in [0.15, 0.2) is 9.84 Å². The highest BCUT2D eigenvalue weighted by Gasteiger charge is 2.28. The number of alkyl halides is 1. The standard InChI is InChI=1S/C23H38ClN3O5S2/c1-4-12-25(20(2)17-21-8-10-22(11-9-21)33(3,29)30)13-5-6-14-26-15-7-16-27(18-23(26)28)34(31,32)19-24/h8-11,20H,4-7,12-19H2,1-3H3. The summed E-state index contributed by atoms with van der Waals surface area (Å²) in [6.07, 6.45) is 5.48. The largest absolute Gasteiger partial charge is 0.342 e. The molecule has 1 unspecified atom stereocenters. The molecule has 1 aliphatic rings. The molecule has 0 radical (unpaired) electrons. The van der Waals surface area contributed by atoms with Gasteiger partial charge in [0.25, 0.3) is 0 Å². The number of amides is 1. The average Bonchev–Trinajstić information content (AvgIpc) is 2.97. The van der Waals surface area contributed by atoms with E-state index in [9.17, 15) is 21.6 Å². The summed E-state index contributed by atoms with van der Waals surface area (Å²) in [5.74, 6) is -0.164. The van der Waals surface area contributed by atoms with Gasteiger partial charge in [-0.25, -0.2) is 16.8 Å². The van der Waals surface area contributed by atoms with Gasteiger partial charge in [0, 0.05) is 31.9 Å². The van der Waals surface area contributed by atoms with Crippen molar-refractivity contribution in [3.05, 3.63) is 29.8 Å². The first-order valence-corrected chi connectivity index (χ1v) is 15.9. The van der Waals surface area contributed by atoms with Crippen LogP contribution in [0, 0.1) is 0 Å². The molecule has 194 valence electrons. The lowest BCUT2D eigenvalue weighted by Crippen LogP contribution is -2.40. The summed E-state index contributed by atoms with van der Waals surface area (Å²) >= 11 is 5.54. The summed E-state index contributed by atoms with van der Waals surface area (Å²) in [4.78, 5) is 17.1. The van der Waals surface area contributed by atoms with Gasteiger partial charge in [0.1, 0.15) is 5.21 Å². The maximum Gasteiger partial charge on any atom is 0.237 e. The number of nitrogens with zero attached hydrogens (tertiary/aromatic N) is 3. The van der Waals surface area contributed by atoms with Gasteiger partial charge in [-0.3, -0.25) is 4.79 Å². The van der Waals surface area contributed by atoms with E-state index in [0.29, 0.717) is 37.0 Å². The minimum Gasteiger partial charge on any atom is -0.342 e. The Hall–Kier alpha value is -1.20. The fourth-order valence-electron chi connectivity index (χ4n) is 4.24. The lowest BCUT2D eigenvalue weighted by atomic mass is 10.1. The molecule has 2 rings (SSSR count). The second kappa shape index (κ2) is 13.2. The molecule has 0 N–H and O–H groups in total. The highest BCUT2D eigenvalue weighted by molar-refractivity contribution is 7.90. The fraction of sp³-hybridized carbons (Fsp3) is 0.696. The van der Waals surface area contributed by atoms with Gasteiger partial charge in [-0.05, 0) is 69.8 Å². The van der Waals surface area contributed by atoms with Crippen molar-refractivity contribution in [2.24, 2.45) is 0 Å². The Morgan fingerprint density at radius 1 is 1.06 bits per heavy atom. The van der Waals surface area contributed by atoms with Crippen LogP contribution in [0.5, 0.6) is 0 Å². The van der Waals surface area contributed by atoms with Gasteiger partial charge in [0.2, 0.25) is 15.9 Å². The van der Waals surface area contributed by atoms with Gasteiger partial charge in [0.05, 0.1) is 11.4 Å². The smallest absolute Gasteiger partial charge is 0.237 e. The van der Waals surface area contributed by atoms with E-state index in [0.717, 1.165) is 44.3 Å². The molecule has 0 aromatic heterocycles. The van der Waals surface area contributed by atoms with Crippen LogP contribution in [-0.2, 0) is 31.1 Å². The van der Waals surface area contributed by atoms with E-state index in [1.54, 1.807) is 17.0 Å². The number of hydrogen-bond donors (Lipinski definition) is 0. The van der Waals surface area contributed by atoms with Crippen molar-refractivity contribution in [2.45, 2.75) is 56.9 Å². The summed E-state index contributed by atoms with van der Waals surface area (Å²) in [5.41, 5.74) is 1.10. The van der Waals surface area contributed by atoms with Crippen molar-refractivity contribution >= 4 is 37.4 Å². The summed E-state index contributed by atoms with van der Waals surface area (Å²) in [6, 6.07) is 7.40. The molecule has 1 saturated heterocycles. The zero-order chi connectivity index (χ0) is 25.4. The third-order valence-corrected chi connectivity index (χ3v) is 9.50. The van der Waals surface area contributed by atoms with Crippen LogP contribution in [0.3, 0.4) is 0 Å². The maximum atomic E-state index is 12.5. The highest BCUT2D eigenvalue weighted by Crippen LogP contribution is 2.16. The average molecular weight is 536 g/mol. The van der Waals surface area contributed by atoms with Gasteiger partial charge in [-0.15, -0.1) is 11.6 Å². The second-order valence-corrected chi connectivity index (χ2v) is 13.6. The molecule has 0 spiro atoms. The van der Waals surface area contributed by atoms with Gasteiger partial charge in [-0.1, -0.05) is 19.1 Å². The third-order valence-electron chi connectivity index (χ3n) is 6.17. The van der Waals surface area contributed by atoms with E-state index in [1.165, 1.54) is 10.6 Å². The topological polar surface area (TPSA) is 95.1 Å². The lowest BCUT2D eigenvalue weighted by molar-refractivity contribution is -0.130. The number of hydrogen-bond acceptors (Lipinski definition) is 6. The number of unbranched alkanes of at least 4 members (excludes halogenated alkanes) is 1. The molecular weight excluding hydrogens is 498 g/mol. The first-order valence-electron chi connectivity index (χ1n) is 11.8. The van der Waals surface area contributed by atoms with Crippen LogP contribution in [0.1, 0.15) is 45.1 Å². The molecule has 1 heterocycles. The molecule has 1 atom stereocenters. The van der Waals surface area contributed by atoms with E-state index in [4.69, 9.17) is 11.6 Å². The summed E-state index contributed by atoms with van der Waals surface area (Å²) < 4.78 is 48.5. The van der Waals surface area contributed by atoms with Crippen molar-refractivity contribution in [3.8, 4) is 0 Å². The molecule has 11 heteroatoms. The molecule has 0 aliphatic carbocycles. The number of sulfonamides is 1. The number of halogens is 1. The normalized spacial score (nSPS) is 17.2. The molecule has 0 bridgehead atoms. The minimum atomic E-state index is -3.57. The molecule has 1 fully saturated rings. The molecule has 8 nitrogen and oxygen atoms in total. The monoisotopic (exact) mass is 535 g/mol. The van der Waals surface area contributed by atoms with E-state index in [1.807, 2.05) is 12.1 Å². The minimum absolute atomic E-state index is 0.133. The number of rotatable bonds is 13. The quantitative estimate of drug-likeness (QED) is 0.284. The van der Waals surface area contributed by atoms with Crippen LogP contribution < -0.4 is 0 Å². The van der Waals surface area contributed by atoms with Gasteiger partial charge in [-0.2, -0.15) is 4.31 Å². The predicted molar refractivity (Wildman–Crippen MR) is 136 cm³/mol. The molecule has 34 heavy (non-hydrogen) atoms. The van der Waals surface area contributed by atoms with E-state index < -0.39 is 25.1 Å². The summed E-state index contributed by atoms with van der Waals surface area (Å²) in [5, 5.41) is -0.506. The Bertz CT molecular complexity index is 1000. The third kappa shape index (κ3) is 8.78. The first-order chi connectivity index (χ1) is 16.0. The molecule has 0 saturated carbocycles. The van der Waals surface area contributed by atoms with Crippen molar-refractivity contribution in [3.63, 3.8) is 0 Å². The van der Waals surface area contributed by atoms with E-state index in [-0.39, 0.29) is 12.5 Å². The lowest BCUT2D eigenvalue weighted by Gasteiger charge is -2.29. The second-order valence-electron chi connectivity index (χ2n) is 9.00. The summed E-state index contributed by atoms with van der Waals surface area (Å²) in [6.45, 7) is 7.58. The SMILES string of the molecule is CCCN(CCCCN1CCCN(S(=O)(=O)CCl)CC1=O)C(C)Cc1ccc(S(C)(=O)=O)cc1. The number of benzene rings is 1. The van der Waals surface area contributed by atoms with Crippen molar-refractivity contribution in [2.75, 3.05) is 50.7 Å². The Morgan fingerprint density at radius 2 is 1.74 bits per heavy atom. The predicted octanol–water partition coefficient (Wildman–Crippen LogP) is 2.57. The van der Waals surface area contributed by atoms with Crippen LogP contribution in [0.15, 0.2) is 29.2 Å². The van der Waals surface area contributed by atoms with Crippen molar-refractivity contribution in [1.29, 1.82) is 0 Å². The van der Waals surface area contributed by atoms with Gasteiger partial charge >= 0.3 is 0 Å². The van der Waals surface area contributed by atoms with E-state index >= 15 is 0 Å². The fourth-order valence-corrected chi connectivity index (χ4v) is 6.13. The molecule has 1 aromatic carbocycles. The van der Waals surface area contributed by atoms with Gasteiger partial charge < -0.3 is 9.80 Å². The van der Waals surface area contributed by atoms with Crippen LogP contribution in [-0.4, -0.2) is 93.6 Å². The zero-order valence-electron chi connectivity index (χ0n) is 20.4. The number of carbonyl (C=O) groups is 1. The Labute approximate surface area is 210 Å². The van der Waals surface area contributed by atoms with Crippen molar-refractivity contribution < 1.29 is 21.6 Å². The Morgan fingerprint density at radius 3 is 2.32 bits per heavy atom. The number of sulfone groups is 1. The number of carbonyl (C=O) groups excluding carboxylic acids is 1. The molecule has 1 aromatic rings. The Kier molecular flexibility index (Phi) is 11.3. The maximum absolute atomic E-state index is 12.5. The molecule has 1 amide bonds. The molecule has 1 aliphatic heterocycles. The van der Waals surface area contributed by atoms with Crippen LogP contribution >= 0.6 is 11.6 Å². The first kappa shape index (κ1) is 29.0.